The van der Waals surface area contributed by atoms with E-state index in [1.54, 1.807) is 55.6 Å². The van der Waals surface area contributed by atoms with Gasteiger partial charge in [0.25, 0.3) is 17.7 Å². The predicted octanol–water partition coefficient (Wildman–Crippen LogP) is 6.74. The molecule has 12 atom stereocenters. The fourth-order valence-electron chi connectivity index (χ4n) is 15.2. The number of ether oxygens (including phenoxy) is 4. The molecule has 11 amide bonds. The number of hydrogen-bond donors (Lipinski definition) is 6. The van der Waals surface area contributed by atoms with Crippen LogP contribution < -0.4 is 27.0 Å². The Morgan fingerprint density at radius 2 is 1.39 bits per heavy atom. The molecule has 4 heterocycles. The highest BCUT2D eigenvalue weighted by Gasteiger charge is 2.45. The van der Waals surface area contributed by atoms with Crippen molar-refractivity contribution in [3.05, 3.63) is 94.5 Å². The number of benzene rings is 2. The Bertz CT molecular complexity index is 3670. The molecule has 7 N–H and O–H groups in total. The molecule has 1 aromatic heterocycles. The second-order valence-electron chi connectivity index (χ2n) is 31.3. The van der Waals surface area contributed by atoms with E-state index in [-0.39, 0.29) is 162 Å². The lowest BCUT2D eigenvalue weighted by Gasteiger charge is -2.41. The number of primary amides is 1. The number of aliphatic hydroxyl groups excluding tert-OH is 1. The van der Waals surface area contributed by atoms with Crippen molar-refractivity contribution in [2.24, 2.45) is 53.1 Å². The molecule has 1 unspecified atom stereocenters. The van der Waals surface area contributed by atoms with Gasteiger partial charge in [0, 0.05) is 183 Å². The molecule has 114 heavy (non-hydrogen) atoms. The number of rotatable bonds is 49. The Labute approximate surface area is 675 Å². The summed E-state index contributed by atoms with van der Waals surface area (Å²) in [5.74, 6) is -8.88. The number of urea groups is 1. The summed E-state index contributed by atoms with van der Waals surface area (Å²) in [7, 11) is 6.52. The second kappa shape index (κ2) is 47.2. The number of hydrogen-bond acceptors (Lipinski definition) is 21. The molecule has 3 aromatic rings. The number of ketones is 3. The first-order valence-electron chi connectivity index (χ1n) is 40.1. The van der Waals surface area contributed by atoms with Crippen molar-refractivity contribution < 1.29 is 86.4 Å². The number of thiazole rings is 1. The topological polar surface area (TPSA) is 386 Å². The third-order valence-corrected chi connectivity index (χ3v) is 23.1. The quantitative estimate of drug-likeness (QED) is 0.0252. The van der Waals surface area contributed by atoms with Crippen molar-refractivity contribution in [1.82, 2.24) is 50.3 Å². The molecule has 31 heteroatoms. The number of nitrogens with two attached hydrogens (primary N) is 1. The molecule has 0 radical (unpaired) electrons. The zero-order chi connectivity index (χ0) is 83.9. The van der Waals surface area contributed by atoms with E-state index in [4.69, 9.17) is 24.7 Å². The highest BCUT2D eigenvalue weighted by atomic mass is 32.1. The van der Waals surface area contributed by atoms with E-state index in [0.29, 0.717) is 58.4 Å². The molecule has 0 aliphatic carbocycles. The Morgan fingerprint density at radius 3 is 1.99 bits per heavy atom. The number of carbonyl (C=O) groups excluding carboxylic acids is 13. The maximum absolute atomic E-state index is 15.2. The van der Waals surface area contributed by atoms with Crippen LogP contribution >= 0.6 is 11.3 Å². The Kier molecular flexibility index (Phi) is 38.9. The number of nitrogens with one attached hydrogen (secondary N) is 4. The van der Waals surface area contributed by atoms with Crippen LogP contribution in [0.25, 0.3) is 0 Å². The van der Waals surface area contributed by atoms with E-state index in [9.17, 15) is 57.8 Å². The standard InChI is InChI=1S/C83H124N12O18S/c1-14-55(8)76(68(110-13)50-73(104)94-35-19-23-64(94)63(51-96)56(9)65(97)48-60(79-86-34-45-114-79)46-57-20-16-15-17-21-57)91(11)80(106)62(52(2)3)49-67(99)75(54(6)7)92(12)83(109)113-77(81(107)93-39-37-90(10)38-40-93)58-24-26-61(27-25-58)88-78(105)59(22-18-32-87-82(84)108)47-66(98)74(53(4)5)89-70(101)31-41-111-43-44-112-42-33-85-69(100)30-36-95-71(102)28-29-72(95)103/h15-17,20-21,24-29,34,45,52-56,59-60,62-64,68,74-77,96H,14,18-19,22-23,30-33,35-44,46-51H2,1-13H3,(H,85,100)(H,88,105)(H,89,101)(H3,84,87,108)/t55-,56+,59+,60+,62-,63+,64-,68+,74-,75-,76-,77?/m0/s1. The number of methoxy groups -OCH3 is 1. The summed E-state index contributed by atoms with van der Waals surface area (Å²) in [5.41, 5.74) is 6.92. The van der Waals surface area contributed by atoms with Crippen LogP contribution in [0.2, 0.25) is 0 Å². The first-order valence-corrected chi connectivity index (χ1v) is 41.0. The number of anilines is 1. The summed E-state index contributed by atoms with van der Waals surface area (Å²) in [6.07, 6.45) is 3.01. The average Bonchev–Trinajstić information content (AvgIpc) is 1.36. The maximum Gasteiger partial charge on any atom is 0.411 e. The van der Waals surface area contributed by atoms with Gasteiger partial charge in [-0.25, -0.2) is 14.6 Å². The van der Waals surface area contributed by atoms with Crippen LogP contribution in [0.5, 0.6) is 0 Å². The van der Waals surface area contributed by atoms with Crippen LogP contribution in [0.4, 0.5) is 15.3 Å². The molecule has 6 rings (SSSR count). The largest absolute Gasteiger partial charge is 0.431 e. The predicted molar refractivity (Wildman–Crippen MR) is 430 cm³/mol. The van der Waals surface area contributed by atoms with Crippen molar-refractivity contribution in [2.75, 3.05) is 119 Å². The number of aromatic nitrogens is 1. The van der Waals surface area contributed by atoms with E-state index in [0.717, 1.165) is 32.5 Å². The monoisotopic (exact) mass is 1610 g/mol. The van der Waals surface area contributed by atoms with Gasteiger partial charge in [0.2, 0.25) is 35.6 Å². The number of carbonyl (C=O) groups is 13. The van der Waals surface area contributed by atoms with Gasteiger partial charge >= 0.3 is 12.1 Å². The van der Waals surface area contributed by atoms with Gasteiger partial charge < -0.3 is 75.6 Å². The van der Waals surface area contributed by atoms with Gasteiger partial charge in [-0.2, -0.15) is 0 Å². The van der Waals surface area contributed by atoms with E-state index < -0.39 is 119 Å². The summed E-state index contributed by atoms with van der Waals surface area (Å²) in [6.45, 7) is 19.1. The number of piperazine rings is 1. The first-order chi connectivity index (χ1) is 54.3. The van der Waals surface area contributed by atoms with Gasteiger partial charge in [0.15, 0.2) is 11.6 Å². The molecule has 3 aliphatic rings. The number of aliphatic hydroxyl groups is 1. The van der Waals surface area contributed by atoms with Crippen LogP contribution in [-0.2, 0) is 78.1 Å². The molecular formula is C83H124N12O18S. The normalized spacial score (nSPS) is 17.4. The zero-order valence-corrected chi connectivity index (χ0v) is 69.7. The van der Waals surface area contributed by atoms with Crippen molar-refractivity contribution in [3.8, 4) is 0 Å². The molecule has 0 saturated carbocycles. The third-order valence-electron chi connectivity index (χ3n) is 22.1. The number of likely N-dealkylation sites (tertiary alicyclic amines) is 1. The summed E-state index contributed by atoms with van der Waals surface area (Å²) in [6, 6.07) is 12.1. The van der Waals surface area contributed by atoms with Gasteiger partial charge in [-0.3, -0.25) is 57.6 Å². The van der Waals surface area contributed by atoms with Gasteiger partial charge in [0.05, 0.1) is 62.1 Å². The lowest BCUT2D eigenvalue weighted by atomic mass is 9.80. The Balaban J connectivity index is 1.09. The van der Waals surface area contributed by atoms with Gasteiger partial charge in [-0.05, 0) is 80.5 Å². The van der Waals surface area contributed by atoms with Crippen LogP contribution in [0.15, 0.2) is 78.3 Å². The van der Waals surface area contributed by atoms with Gasteiger partial charge in [-0.15, -0.1) is 11.3 Å². The molecule has 0 bridgehead atoms. The van der Waals surface area contributed by atoms with Crippen LogP contribution in [0, 0.1) is 47.3 Å². The first kappa shape index (κ1) is 94.0. The molecule has 630 valence electrons. The smallest absolute Gasteiger partial charge is 0.411 e. The Morgan fingerprint density at radius 1 is 0.728 bits per heavy atom. The van der Waals surface area contributed by atoms with E-state index in [1.807, 2.05) is 77.4 Å². The third kappa shape index (κ3) is 28.2. The van der Waals surface area contributed by atoms with Crippen LogP contribution in [0.1, 0.15) is 161 Å². The molecule has 2 saturated heterocycles. The van der Waals surface area contributed by atoms with Crippen LogP contribution in [0.3, 0.4) is 0 Å². The zero-order valence-electron chi connectivity index (χ0n) is 68.8. The number of Topliss-reactive ketones (excluding diaryl/α,β-unsaturated/α-hetero) is 3. The summed E-state index contributed by atoms with van der Waals surface area (Å²) in [4.78, 5) is 191. The summed E-state index contributed by atoms with van der Waals surface area (Å²) < 4.78 is 23.5. The lowest BCUT2D eigenvalue weighted by Crippen LogP contribution is -2.54. The average molecular weight is 1610 g/mol. The highest BCUT2D eigenvalue weighted by Crippen LogP contribution is 2.36. The molecule has 2 fully saturated rings. The van der Waals surface area contributed by atoms with E-state index in [2.05, 4.69) is 31.2 Å². The maximum atomic E-state index is 15.2. The van der Waals surface area contributed by atoms with E-state index in [1.165, 1.54) is 49.8 Å². The molecule has 3 aliphatic heterocycles. The van der Waals surface area contributed by atoms with Gasteiger partial charge in [0.1, 0.15) is 5.78 Å². The number of nitrogens with zero attached hydrogens (tertiary/aromatic N) is 7. The number of amides is 11. The summed E-state index contributed by atoms with van der Waals surface area (Å²) >= 11 is 1.51. The fraction of sp³-hybridized carbons (Fsp3) is 0.639. The van der Waals surface area contributed by atoms with Crippen molar-refractivity contribution in [2.45, 2.75) is 182 Å². The number of likely N-dealkylation sites (N-methyl/N-ethyl adjacent to an activating group) is 3. The molecular weight excluding hydrogens is 1490 g/mol. The van der Waals surface area contributed by atoms with Crippen molar-refractivity contribution >= 4 is 93.8 Å². The summed E-state index contributed by atoms with van der Waals surface area (Å²) in [5, 5.41) is 24.6. The second-order valence-corrected chi connectivity index (χ2v) is 32.2. The number of imide groups is 1. The van der Waals surface area contributed by atoms with Crippen molar-refractivity contribution in [3.63, 3.8) is 0 Å². The van der Waals surface area contributed by atoms with Gasteiger partial charge in [-0.1, -0.05) is 111 Å². The molecule has 30 nitrogen and oxygen atoms in total. The SMILES string of the molecule is CC[C@H](C)[C@@H]([C@@H](CC(=O)N1CCC[C@H]1[C@H](CO)[C@@H](C)C(=O)C[C@@H](Cc1ccccc1)c1nccs1)OC)N(C)C(=O)[C@@H](CC(=O)[C@H](C(C)C)N(C)C(=O)OC(C(=O)N1CCN(C)CC1)c1ccc(NC(=O)[C@H](CCCNC(N)=O)CC(=O)[C@@H](NC(=O)CCOCCOCCNC(=O)CCN2C(=O)C=CC2=O)C(C)C)cc1)C(C)C. The van der Waals surface area contributed by atoms with E-state index >= 15 is 9.59 Å². The minimum Gasteiger partial charge on any atom is -0.431 e. The fourth-order valence-corrected chi connectivity index (χ4v) is 16.0. The lowest BCUT2D eigenvalue weighted by molar-refractivity contribution is -0.148. The minimum absolute atomic E-state index is 0.000712. The minimum atomic E-state index is -1.53. The highest BCUT2D eigenvalue weighted by molar-refractivity contribution is 7.09. The molecule has 0 spiro atoms. The van der Waals surface area contributed by atoms with Crippen LogP contribution in [-0.4, -0.2) is 260 Å². The molecule has 2 aromatic carbocycles. The van der Waals surface area contributed by atoms with Crippen molar-refractivity contribution in [1.29, 1.82) is 0 Å². The Hall–Kier alpha value is -8.88.